The minimum Gasteiger partial charge on any atom is -0.312 e. The second-order valence-electron chi connectivity index (χ2n) is 2.68. The van der Waals surface area contributed by atoms with Crippen molar-refractivity contribution < 1.29 is 0 Å². The van der Waals surface area contributed by atoms with Crippen molar-refractivity contribution >= 4 is 40.8 Å². The summed E-state index contributed by atoms with van der Waals surface area (Å²) in [6.45, 7) is 0.735. The second kappa shape index (κ2) is 3.44. The molecule has 0 N–H and O–H groups in total. The van der Waals surface area contributed by atoms with Gasteiger partial charge in [-0.05, 0) is 30.4 Å². The fourth-order valence-corrected chi connectivity index (χ4v) is 1.65. The van der Waals surface area contributed by atoms with Gasteiger partial charge < -0.3 is 4.90 Å². The predicted molar refractivity (Wildman–Crippen MR) is 59.9 cm³/mol. The number of rotatable bonds is 1. The molecule has 4 heteroatoms. The Kier molecular flexibility index (Phi) is 2.29. The highest BCUT2D eigenvalue weighted by atomic mass is 35.5. The molecule has 0 aromatic heterocycles. The van der Waals surface area contributed by atoms with E-state index in [1.807, 2.05) is 29.2 Å². The van der Waals surface area contributed by atoms with Gasteiger partial charge in [0.2, 0.25) is 0 Å². The zero-order valence-corrected chi connectivity index (χ0v) is 8.35. The lowest BCUT2D eigenvalue weighted by molar-refractivity contribution is 1.24. The van der Waals surface area contributed by atoms with Crippen LogP contribution < -0.4 is 4.90 Å². The van der Waals surface area contributed by atoms with E-state index in [0.717, 1.165) is 12.2 Å². The summed E-state index contributed by atoms with van der Waals surface area (Å²) in [5, 5.41) is 1.31. The van der Waals surface area contributed by atoms with E-state index < -0.39 is 0 Å². The Morgan fingerprint density at radius 2 is 2.31 bits per heavy atom. The van der Waals surface area contributed by atoms with Crippen LogP contribution in [0.3, 0.4) is 0 Å². The Balaban J connectivity index is 2.31. The van der Waals surface area contributed by atoms with E-state index in [0.29, 0.717) is 10.1 Å². The first-order chi connectivity index (χ1) is 6.27. The molecule has 0 radical (unpaired) electrons. The van der Waals surface area contributed by atoms with E-state index in [1.54, 1.807) is 6.21 Å². The van der Waals surface area contributed by atoms with Gasteiger partial charge in [0.05, 0.1) is 6.54 Å². The molecular weight excluding hydrogens is 204 g/mol. The monoisotopic (exact) mass is 210 g/mol. The molecule has 2 rings (SSSR count). The molecular formula is C9H7ClN2S. The van der Waals surface area contributed by atoms with Gasteiger partial charge in [-0.3, -0.25) is 0 Å². The molecule has 0 bridgehead atoms. The summed E-state index contributed by atoms with van der Waals surface area (Å²) in [7, 11) is 0. The Morgan fingerprint density at radius 1 is 1.46 bits per heavy atom. The molecule has 0 amide bonds. The first-order valence-corrected chi connectivity index (χ1v) is 4.65. The smallest absolute Gasteiger partial charge is 0.199 e. The lowest BCUT2D eigenvalue weighted by atomic mass is 10.3. The molecule has 1 aliphatic heterocycles. The van der Waals surface area contributed by atoms with Crippen LogP contribution in [-0.2, 0) is 0 Å². The summed E-state index contributed by atoms with van der Waals surface area (Å²) in [5.41, 5.74) is 0.995. The SMILES string of the molecule is S=C1N=CCN1c1cccc(Cl)c1. The van der Waals surface area contributed by atoms with Gasteiger partial charge in [-0.1, -0.05) is 17.7 Å². The van der Waals surface area contributed by atoms with E-state index in [-0.39, 0.29) is 0 Å². The zero-order chi connectivity index (χ0) is 9.26. The van der Waals surface area contributed by atoms with Crippen LogP contribution in [-0.4, -0.2) is 17.9 Å². The van der Waals surface area contributed by atoms with Crippen molar-refractivity contribution in [3.05, 3.63) is 29.3 Å². The van der Waals surface area contributed by atoms with Gasteiger partial charge >= 0.3 is 0 Å². The van der Waals surface area contributed by atoms with E-state index in [9.17, 15) is 0 Å². The third-order valence-electron chi connectivity index (χ3n) is 1.82. The summed E-state index contributed by atoms with van der Waals surface area (Å²) in [6, 6.07) is 7.58. The van der Waals surface area contributed by atoms with Crippen LogP contribution in [0.1, 0.15) is 0 Å². The van der Waals surface area contributed by atoms with Crippen LogP contribution >= 0.6 is 23.8 Å². The van der Waals surface area contributed by atoms with Crippen molar-refractivity contribution in [2.75, 3.05) is 11.4 Å². The number of hydrogen-bond acceptors (Lipinski definition) is 1. The van der Waals surface area contributed by atoms with Gasteiger partial charge in [-0.2, -0.15) is 0 Å². The maximum atomic E-state index is 5.86. The fourth-order valence-electron chi connectivity index (χ4n) is 1.21. The fraction of sp³-hybridized carbons (Fsp3) is 0.111. The molecule has 1 heterocycles. The molecule has 1 aromatic carbocycles. The molecule has 0 fully saturated rings. The molecule has 0 saturated heterocycles. The van der Waals surface area contributed by atoms with Crippen LogP contribution in [0.15, 0.2) is 29.3 Å². The van der Waals surface area contributed by atoms with Gasteiger partial charge in [0, 0.05) is 16.9 Å². The average molecular weight is 211 g/mol. The molecule has 2 nitrogen and oxygen atoms in total. The van der Waals surface area contributed by atoms with Crippen LogP contribution in [0.2, 0.25) is 5.02 Å². The van der Waals surface area contributed by atoms with Crippen molar-refractivity contribution in [3.63, 3.8) is 0 Å². The predicted octanol–water partition coefficient (Wildman–Crippen LogP) is 2.52. The first kappa shape index (κ1) is 8.66. The minimum absolute atomic E-state index is 0.599. The highest BCUT2D eigenvalue weighted by Crippen LogP contribution is 2.21. The second-order valence-corrected chi connectivity index (χ2v) is 3.49. The summed E-state index contributed by atoms with van der Waals surface area (Å²) in [4.78, 5) is 5.94. The number of anilines is 1. The number of nitrogens with zero attached hydrogens (tertiary/aromatic N) is 2. The van der Waals surface area contributed by atoms with E-state index in [2.05, 4.69) is 4.99 Å². The van der Waals surface area contributed by atoms with Crippen molar-refractivity contribution in [2.24, 2.45) is 4.99 Å². The van der Waals surface area contributed by atoms with Gasteiger partial charge in [0.1, 0.15) is 0 Å². The summed E-state index contributed by atoms with van der Waals surface area (Å²) in [5.74, 6) is 0. The average Bonchev–Trinajstić information content (AvgIpc) is 2.51. The van der Waals surface area contributed by atoms with Gasteiger partial charge in [0.25, 0.3) is 0 Å². The number of benzene rings is 1. The lowest BCUT2D eigenvalue weighted by Crippen LogP contribution is -2.23. The largest absolute Gasteiger partial charge is 0.312 e. The topological polar surface area (TPSA) is 15.6 Å². The minimum atomic E-state index is 0.599. The molecule has 1 aliphatic rings. The van der Waals surface area contributed by atoms with E-state index >= 15 is 0 Å². The molecule has 0 unspecified atom stereocenters. The number of thiocarbonyl (C=S) groups is 1. The van der Waals surface area contributed by atoms with E-state index in [4.69, 9.17) is 23.8 Å². The number of aliphatic imine (C=N–C) groups is 1. The molecule has 13 heavy (non-hydrogen) atoms. The molecule has 0 atom stereocenters. The quantitative estimate of drug-likeness (QED) is 0.662. The Morgan fingerprint density at radius 3 is 2.92 bits per heavy atom. The summed E-state index contributed by atoms with van der Waals surface area (Å²) in [6.07, 6.45) is 1.79. The Bertz CT molecular complexity index is 376. The maximum absolute atomic E-state index is 5.86. The molecule has 66 valence electrons. The van der Waals surface area contributed by atoms with Crippen LogP contribution in [0.4, 0.5) is 5.69 Å². The zero-order valence-electron chi connectivity index (χ0n) is 6.77. The van der Waals surface area contributed by atoms with Crippen molar-refractivity contribution in [3.8, 4) is 0 Å². The third-order valence-corrected chi connectivity index (χ3v) is 2.38. The lowest BCUT2D eigenvalue weighted by Gasteiger charge is -2.15. The number of hydrogen-bond donors (Lipinski definition) is 0. The van der Waals surface area contributed by atoms with Crippen molar-refractivity contribution in [1.29, 1.82) is 0 Å². The molecule has 1 aromatic rings. The third kappa shape index (κ3) is 1.71. The Labute approximate surface area is 86.8 Å². The van der Waals surface area contributed by atoms with Crippen molar-refractivity contribution in [2.45, 2.75) is 0 Å². The molecule has 0 spiro atoms. The molecule has 0 saturated carbocycles. The van der Waals surface area contributed by atoms with Crippen LogP contribution in [0.25, 0.3) is 0 Å². The first-order valence-electron chi connectivity index (χ1n) is 3.87. The highest BCUT2D eigenvalue weighted by molar-refractivity contribution is 7.80. The normalized spacial score (nSPS) is 15.5. The van der Waals surface area contributed by atoms with Gasteiger partial charge in [-0.15, -0.1) is 0 Å². The number of halogens is 1. The highest BCUT2D eigenvalue weighted by Gasteiger charge is 2.14. The van der Waals surface area contributed by atoms with Crippen molar-refractivity contribution in [1.82, 2.24) is 0 Å². The Hall–Kier alpha value is -0.930. The van der Waals surface area contributed by atoms with Crippen LogP contribution in [0.5, 0.6) is 0 Å². The van der Waals surface area contributed by atoms with Crippen LogP contribution in [0, 0.1) is 0 Å². The summed E-state index contributed by atoms with van der Waals surface area (Å²) < 4.78 is 0. The molecule has 0 aliphatic carbocycles. The standard InChI is InChI=1S/C9H7ClN2S/c10-7-2-1-3-8(6-7)12-5-4-11-9(12)13/h1-4,6H,5H2. The summed E-state index contributed by atoms with van der Waals surface area (Å²) >= 11 is 10.9. The van der Waals surface area contributed by atoms with E-state index in [1.165, 1.54) is 0 Å². The van der Waals surface area contributed by atoms with Gasteiger partial charge in [0.15, 0.2) is 5.11 Å². The maximum Gasteiger partial charge on any atom is 0.199 e. The van der Waals surface area contributed by atoms with Gasteiger partial charge in [-0.25, -0.2) is 4.99 Å².